The van der Waals surface area contributed by atoms with Crippen LogP contribution < -0.4 is 15.8 Å². The van der Waals surface area contributed by atoms with E-state index in [0.29, 0.717) is 11.4 Å². The molecular weight excluding hydrogens is 263 g/mol. The number of hydrogen-bond acceptors (Lipinski definition) is 4. The summed E-state index contributed by atoms with van der Waals surface area (Å²) in [7, 11) is 1.44. The zero-order valence-electron chi connectivity index (χ0n) is 10.9. The molecule has 0 saturated heterocycles. The fourth-order valence-corrected chi connectivity index (χ4v) is 2.73. The highest BCUT2D eigenvalue weighted by Gasteiger charge is 2.11. The molecule has 19 heavy (non-hydrogen) atoms. The van der Waals surface area contributed by atoms with Crippen LogP contribution in [0.3, 0.4) is 0 Å². The third-order valence-electron chi connectivity index (χ3n) is 2.81. The summed E-state index contributed by atoms with van der Waals surface area (Å²) in [6, 6.07) is 7.20. The molecule has 0 aliphatic carbocycles. The van der Waals surface area contributed by atoms with Crippen molar-refractivity contribution in [3.8, 4) is 5.75 Å². The second-order valence-electron chi connectivity index (χ2n) is 4.40. The van der Waals surface area contributed by atoms with Crippen LogP contribution >= 0.6 is 11.3 Å². The molecule has 2 rings (SSSR count). The molecule has 0 aliphatic heterocycles. The van der Waals surface area contributed by atoms with E-state index in [9.17, 15) is 4.39 Å². The van der Waals surface area contributed by atoms with Crippen molar-refractivity contribution in [2.75, 3.05) is 18.2 Å². The summed E-state index contributed by atoms with van der Waals surface area (Å²) in [6.07, 6.45) is 0.900. The largest absolute Gasteiger partial charge is 0.494 e. The Labute approximate surface area is 116 Å². The Bertz CT molecular complexity index is 543. The lowest BCUT2D eigenvalue weighted by molar-refractivity contribution is 0.387. The molecule has 1 unspecified atom stereocenters. The maximum absolute atomic E-state index is 13.4. The van der Waals surface area contributed by atoms with Crippen LogP contribution in [0.2, 0.25) is 0 Å². The van der Waals surface area contributed by atoms with Gasteiger partial charge in [0.15, 0.2) is 11.6 Å². The van der Waals surface area contributed by atoms with Crippen molar-refractivity contribution in [1.82, 2.24) is 0 Å². The summed E-state index contributed by atoms with van der Waals surface area (Å²) in [4.78, 5) is 1.30. The van der Waals surface area contributed by atoms with Gasteiger partial charge < -0.3 is 15.8 Å². The van der Waals surface area contributed by atoms with E-state index < -0.39 is 5.82 Å². The average molecular weight is 280 g/mol. The van der Waals surface area contributed by atoms with E-state index in [1.807, 2.05) is 6.07 Å². The molecule has 1 atom stereocenters. The fraction of sp³-hybridized carbons (Fsp3) is 0.286. The van der Waals surface area contributed by atoms with E-state index in [-0.39, 0.29) is 11.8 Å². The first-order valence-corrected chi connectivity index (χ1v) is 6.90. The molecule has 102 valence electrons. The molecule has 1 aromatic carbocycles. The second-order valence-corrected chi connectivity index (χ2v) is 5.44. The minimum Gasteiger partial charge on any atom is -0.494 e. The van der Waals surface area contributed by atoms with Gasteiger partial charge in [-0.2, -0.15) is 0 Å². The van der Waals surface area contributed by atoms with Gasteiger partial charge in [0.25, 0.3) is 0 Å². The fourth-order valence-electron chi connectivity index (χ4n) is 1.90. The summed E-state index contributed by atoms with van der Waals surface area (Å²) in [5.74, 6) is -0.253. The number of ether oxygens (including phenoxy) is 1. The highest BCUT2D eigenvalue weighted by Crippen LogP contribution is 2.28. The Kier molecular flexibility index (Phi) is 4.27. The number of methoxy groups -OCH3 is 1. The summed E-state index contributed by atoms with van der Waals surface area (Å²) in [6.45, 7) is 2.06. The molecule has 1 heterocycles. The lowest BCUT2D eigenvalue weighted by atomic mass is 10.1. The van der Waals surface area contributed by atoms with Crippen LogP contribution in [0.1, 0.15) is 11.8 Å². The molecular formula is C14H17FN2OS. The van der Waals surface area contributed by atoms with Gasteiger partial charge in [-0.1, -0.05) is 6.07 Å². The van der Waals surface area contributed by atoms with Crippen LogP contribution in [0.15, 0.2) is 29.6 Å². The van der Waals surface area contributed by atoms with Crippen molar-refractivity contribution in [3.05, 3.63) is 40.3 Å². The van der Waals surface area contributed by atoms with Gasteiger partial charge in [-0.3, -0.25) is 0 Å². The quantitative estimate of drug-likeness (QED) is 0.824. The van der Waals surface area contributed by atoms with E-state index in [2.05, 4.69) is 23.7 Å². The number of benzene rings is 1. The number of hydrogen-bond donors (Lipinski definition) is 2. The topological polar surface area (TPSA) is 47.3 Å². The first kappa shape index (κ1) is 13.7. The second kappa shape index (κ2) is 5.93. The number of thiophene rings is 1. The SMILES string of the molecule is COc1cc(NC(C)Cc2cccs2)c(N)cc1F. The van der Waals surface area contributed by atoms with Crippen molar-refractivity contribution in [2.24, 2.45) is 0 Å². The number of anilines is 2. The van der Waals surface area contributed by atoms with Crippen LogP contribution in [0, 0.1) is 5.82 Å². The third-order valence-corrected chi connectivity index (χ3v) is 3.71. The monoisotopic (exact) mass is 280 g/mol. The predicted molar refractivity (Wildman–Crippen MR) is 78.5 cm³/mol. The molecule has 0 saturated carbocycles. The molecule has 1 aromatic heterocycles. The molecule has 5 heteroatoms. The van der Waals surface area contributed by atoms with Gasteiger partial charge in [-0.25, -0.2) is 4.39 Å². The molecule has 0 radical (unpaired) electrons. The predicted octanol–water partition coefficient (Wildman–Crippen LogP) is 3.52. The molecule has 0 aliphatic rings. The van der Waals surface area contributed by atoms with Crippen molar-refractivity contribution in [3.63, 3.8) is 0 Å². The first-order chi connectivity index (χ1) is 9.10. The third kappa shape index (κ3) is 3.38. The number of halogens is 1. The Morgan fingerprint density at radius 2 is 2.26 bits per heavy atom. The molecule has 0 fully saturated rings. The Hall–Kier alpha value is -1.75. The van der Waals surface area contributed by atoms with Gasteiger partial charge in [-0.15, -0.1) is 11.3 Å². The molecule has 0 bridgehead atoms. The molecule has 0 amide bonds. The lowest BCUT2D eigenvalue weighted by Gasteiger charge is -2.17. The van der Waals surface area contributed by atoms with Crippen LogP contribution in [-0.2, 0) is 6.42 Å². The van der Waals surface area contributed by atoms with E-state index in [4.69, 9.17) is 10.5 Å². The number of rotatable bonds is 5. The van der Waals surface area contributed by atoms with Crippen molar-refractivity contribution >= 4 is 22.7 Å². The van der Waals surface area contributed by atoms with Crippen LogP contribution in [0.25, 0.3) is 0 Å². The maximum atomic E-state index is 13.4. The Balaban J connectivity index is 2.09. The molecule has 3 nitrogen and oxygen atoms in total. The maximum Gasteiger partial charge on any atom is 0.167 e. The van der Waals surface area contributed by atoms with Crippen LogP contribution in [-0.4, -0.2) is 13.2 Å². The molecule has 2 aromatic rings. The number of nitrogens with two attached hydrogens (primary N) is 1. The molecule has 0 spiro atoms. The highest BCUT2D eigenvalue weighted by atomic mass is 32.1. The van der Waals surface area contributed by atoms with E-state index >= 15 is 0 Å². The first-order valence-electron chi connectivity index (χ1n) is 6.02. The van der Waals surface area contributed by atoms with Crippen LogP contribution in [0.4, 0.5) is 15.8 Å². The Morgan fingerprint density at radius 3 is 2.89 bits per heavy atom. The summed E-state index contributed by atoms with van der Waals surface area (Å²) in [5, 5.41) is 5.34. The van der Waals surface area contributed by atoms with Gasteiger partial charge >= 0.3 is 0 Å². The minimum absolute atomic E-state index is 0.194. The van der Waals surface area contributed by atoms with E-state index in [1.165, 1.54) is 18.1 Å². The van der Waals surface area contributed by atoms with Crippen LogP contribution in [0.5, 0.6) is 5.75 Å². The summed E-state index contributed by atoms with van der Waals surface area (Å²) >= 11 is 1.72. The van der Waals surface area contributed by atoms with Crippen molar-refractivity contribution in [1.29, 1.82) is 0 Å². The number of nitrogen functional groups attached to an aromatic ring is 1. The zero-order chi connectivity index (χ0) is 13.8. The van der Waals surface area contributed by atoms with Gasteiger partial charge in [0.2, 0.25) is 0 Å². The standard InChI is InChI=1S/C14H17FN2OS/c1-9(6-10-4-3-5-19-10)17-13-8-14(18-2)11(15)7-12(13)16/h3-5,7-9,17H,6,16H2,1-2H3. The van der Waals surface area contributed by atoms with E-state index in [0.717, 1.165) is 6.42 Å². The Morgan fingerprint density at radius 1 is 1.47 bits per heavy atom. The average Bonchev–Trinajstić information content (AvgIpc) is 2.85. The normalized spacial score (nSPS) is 12.2. The lowest BCUT2D eigenvalue weighted by Crippen LogP contribution is -2.18. The summed E-state index contributed by atoms with van der Waals surface area (Å²) < 4.78 is 18.4. The van der Waals surface area contributed by atoms with Gasteiger partial charge in [-0.05, 0) is 18.4 Å². The van der Waals surface area contributed by atoms with E-state index in [1.54, 1.807) is 17.4 Å². The highest BCUT2D eigenvalue weighted by molar-refractivity contribution is 7.09. The van der Waals surface area contributed by atoms with Gasteiger partial charge in [0, 0.05) is 29.5 Å². The molecule has 3 N–H and O–H groups in total. The summed E-state index contributed by atoms with van der Waals surface area (Å²) in [5.41, 5.74) is 6.89. The number of nitrogens with one attached hydrogen (secondary N) is 1. The van der Waals surface area contributed by atoms with Crippen molar-refractivity contribution in [2.45, 2.75) is 19.4 Å². The van der Waals surface area contributed by atoms with Crippen molar-refractivity contribution < 1.29 is 9.13 Å². The smallest absolute Gasteiger partial charge is 0.167 e. The van der Waals surface area contributed by atoms with Gasteiger partial charge in [0.1, 0.15) is 0 Å². The zero-order valence-corrected chi connectivity index (χ0v) is 11.8. The minimum atomic E-state index is -0.448. The van der Waals surface area contributed by atoms with Gasteiger partial charge in [0.05, 0.1) is 18.5 Å².